The number of aryl methyl sites for hydroxylation is 3. The minimum absolute atomic E-state index is 0.0629. The second-order valence-electron chi connectivity index (χ2n) is 4.36. The Morgan fingerprint density at radius 2 is 2.32 bits per heavy atom. The van der Waals surface area contributed by atoms with Crippen LogP contribution in [0.3, 0.4) is 0 Å². The number of thiophene rings is 1. The van der Waals surface area contributed by atoms with Crippen LogP contribution >= 0.6 is 22.7 Å². The highest BCUT2D eigenvalue weighted by Gasteiger charge is 2.09. The summed E-state index contributed by atoms with van der Waals surface area (Å²) in [6.07, 6.45) is 3.33. The molecule has 3 nitrogen and oxygen atoms in total. The minimum atomic E-state index is 0.0629. The number of hydrogen-bond donors (Lipinski definition) is 1. The van der Waals surface area contributed by atoms with E-state index < -0.39 is 0 Å². The van der Waals surface area contributed by atoms with E-state index in [2.05, 4.69) is 28.7 Å². The molecule has 0 bridgehead atoms. The van der Waals surface area contributed by atoms with Gasteiger partial charge in [0.15, 0.2) is 5.13 Å². The molecule has 0 radical (unpaired) electrons. The van der Waals surface area contributed by atoms with Crippen molar-refractivity contribution < 1.29 is 4.79 Å². The highest BCUT2D eigenvalue weighted by molar-refractivity contribution is 7.15. The Hall–Kier alpha value is -1.20. The van der Waals surface area contributed by atoms with E-state index in [-0.39, 0.29) is 5.91 Å². The van der Waals surface area contributed by atoms with Gasteiger partial charge in [-0.1, -0.05) is 13.0 Å². The third-order valence-corrected chi connectivity index (χ3v) is 4.75. The molecule has 0 unspecified atom stereocenters. The number of nitrogens with zero attached hydrogens (tertiary/aromatic N) is 1. The first-order chi connectivity index (χ1) is 9.19. The van der Waals surface area contributed by atoms with Crippen molar-refractivity contribution in [1.29, 1.82) is 0 Å². The van der Waals surface area contributed by atoms with E-state index in [0.29, 0.717) is 6.42 Å². The Kier molecular flexibility index (Phi) is 5.10. The van der Waals surface area contributed by atoms with Crippen LogP contribution in [-0.4, -0.2) is 10.9 Å². The van der Waals surface area contributed by atoms with E-state index in [4.69, 9.17) is 0 Å². The number of amides is 1. The number of anilines is 1. The Balaban J connectivity index is 1.77. The van der Waals surface area contributed by atoms with Crippen molar-refractivity contribution >= 4 is 33.7 Å². The molecule has 102 valence electrons. The normalized spacial score (nSPS) is 10.6. The van der Waals surface area contributed by atoms with Gasteiger partial charge in [-0.2, -0.15) is 0 Å². The van der Waals surface area contributed by atoms with Crippen LogP contribution in [0.25, 0.3) is 0 Å². The summed E-state index contributed by atoms with van der Waals surface area (Å²) >= 11 is 3.30. The second-order valence-corrected chi connectivity index (χ2v) is 6.59. The smallest absolute Gasteiger partial charge is 0.226 e. The van der Waals surface area contributed by atoms with Gasteiger partial charge in [-0.3, -0.25) is 4.79 Å². The molecule has 2 heterocycles. The monoisotopic (exact) mass is 294 g/mol. The van der Waals surface area contributed by atoms with Crippen LogP contribution in [0.4, 0.5) is 5.13 Å². The van der Waals surface area contributed by atoms with Gasteiger partial charge in [0.1, 0.15) is 0 Å². The fraction of sp³-hybridized carbons (Fsp3) is 0.429. The van der Waals surface area contributed by atoms with Crippen molar-refractivity contribution in [3.8, 4) is 0 Å². The largest absolute Gasteiger partial charge is 0.302 e. The summed E-state index contributed by atoms with van der Waals surface area (Å²) in [5.74, 6) is 0.0629. The molecule has 2 rings (SSSR count). The number of thiazole rings is 1. The van der Waals surface area contributed by atoms with Gasteiger partial charge in [-0.05, 0) is 37.6 Å². The fourth-order valence-electron chi connectivity index (χ4n) is 1.87. The first kappa shape index (κ1) is 14.2. The summed E-state index contributed by atoms with van der Waals surface area (Å²) in [7, 11) is 0. The summed E-state index contributed by atoms with van der Waals surface area (Å²) in [5.41, 5.74) is 1.08. The maximum Gasteiger partial charge on any atom is 0.226 e. The molecule has 0 aliphatic heterocycles. The average Bonchev–Trinajstić information content (AvgIpc) is 2.99. The average molecular weight is 294 g/mol. The van der Waals surface area contributed by atoms with Crippen molar-refractivity contribution in [3.05, 3.63) is 33.0 Å². The van der Waals surface area contributed by atoms with E-state index >= 15 is 0 Å². The van der Waals surface area contributed by atoms with Gasteiger partial charge < -0.3 is 5.32 Å². The van der Waals surface area contributed by atoms with Crippen LogP contribution in [0, 0.1) is 6.92 Å². The summed E-state index contributed by atoms with van der Waals surface area (Å²) in [6, 6.07) is 4.16. The van der Waals surface area contributed by atoms with Gasteiger partial charge in [-0.15, -0.1) is 22.7 Å². The van der Waals surface area contributed by atoms with E-state index in [0.717, 1.165) is 30.1 Å². The zero-order valence-electron chi connectivity index (χ0n) is 11.2. The van der Waals surface area contributed by atoms with Gasteiger partial charge in [0.25, 0.3) is 0 Å². The lowest BCUT2D eigenvalue weighted by molar-refractivity contribution is -0.116. The van der Waals surface area contributed by atoms with E-state index in [9.17, 15) is 4.79 Å². The molecule has 0 spiro atoms. The molecule has 1 N–H and O–H groups in total. The van der Waals surface area contributed by atoms with Gasteiger partial charge in [-0.25, -0.2) is 4.98 Å². The molecule has 19 heavy (non-hydrogen) atoms. The van der Waals surface area contributed by atoms with E-state index in [1.54, 1.807) is 22.7 Å². The quantitative estimate of drug-likeness (QED) is 0.873. The topological polar surface area (TPSA) is 42.0 Å². The van der Waals surface area contributed by atoms with E-state index in [1.165, 1.54) is 9.75 Å². The van der Waals surface area contributed by atoms with E-state index in [1.807, 2.05) is 13.0 Å². The van der Waals surface area contributed by atoms with Crippen molar-refractivity contribution in [2.45, 2.75) is 39.5 Å². The number of hydrogen-bond acceptors (Lipinski definition) is 4. The maximum atomic E-state index is 11.8. The number of carbonyl (C=O) groups is 1. The van der Waals surface area contributed by atoms with Crippen LogP contribution in [0.2, 0.25) is 0 Å². The van der Waals surface area contributed by atoms with Gasteiger partial charge >= 0.3 is 0 Å². The Morgan fingerprint density at radius 1 is 1.47 bits per heavy atom. The molecule has 1 amide bonds. The van der Waals surface area contributed by atoms with Gasteiger partial charge in [0.05, 0.1) is 5.69 Å². The van der Waals surface area contributed by atoms with Gasteiger partial charge in [0, 0.05) is 16.2 Å². The van der Waals surface area contributed by atoms with Crippen LogP contribution < -0.4 is 5.32 Å². The zero-order valence-corrected chi connectivity index (χ0v) is 12.9. The molecule has 5 heteroatoms. The van der Waals surface area contributed by atoms with Crippen LogP contribution in [0.15, 0.2) is 17.5 Å². The number of nitrogens with one attached hydrogen (secondary N) is 1. The Labute approximate surface area is 121 Å². The molecule has 0 aliphatic rings. The van der Waals surface area contributed by atoms with Crippen LogP contribution in [0.1, 0.15) is 35.2 Å². The number of aromatic nitrogens is 1. The summed E-state index contributed by atoms with van der Waals surface area (Å²) < 4.78 is 0. The molecule has 0 saturated heterocycles. The highest BCUT2D eigenvalue weighted by Crippen LogP contribution is 2.22. The number of carbonyl (C=O) groups excluding carboxylic acids is 1. The third-order valence-electron chi connectivity index (χ3n) is 2.88. The molecule has 0 atom stereocenters. The first-order valence-electron chi connectivity index (χ1n) is 6.47. The predicted octanol–water partition coefficient (Wildman–Crippen LogP) is 4.04. The summed E-state index contributed by atoms with van der Waals surface area (Å²) in [5, 5.41) is 5.69. The van der Waals surface area contributed by atoms with Crippen LogP contribution in [0.5, 0.6) is 0 Å². The minimum Gasteiger partial charge on any atom is -0.302 e. The lowest BCUT2D eigenvalue weighted by atomic mass is 10.2. The number of rotatable bonds is 6. The van der Waals surface area contributed by atoms with Crippen molar-refractivity contribution in [2.24, 2.45) is 0 Å². The molecule has 0 fully saturated rings. The molecule has 0 saturated carbocycles. The van der Waals surface area contributed by atoms with Crippen LogP contribution in [-0.2, 0) is 17.6 Å². The predicted molar refractivity (Wildman–Crippen MR) is 82.1 cm³/mol. The lowest BCUT2D eigenvalue weighted by Gasteiger charge is -2.00. The molecule has 2 aromatic rings. The van der Waals surface area contributed by atoms with Gasteiger partial charge in [0.2, 0.25) is 5.91 Å². The highest BCUT2D eigenvalue weighted by atomic mass is 32.1. The third kappa shape index (κ3) is 4.14. The standard InChI is InChI=1S/C14H18N2OS2/c1-3-12-10(2)19-14(15-12)16-13(17)8-4-6-11-7-5-9-18-11/h5,7,9H,3-4,6,8H2,1-2H3,(H,15,16,17). The molecular weight excluding hydrogens is 276 g/mol. The first-order valence-corrected chi connectivity index (χ1v) is 8.17. The molecule has 0 aliphatic carbocycles. The summed E-state index contributed by atoms with van der Waals surface area (Å²) in [6.45, 7) is 4.12. The lowest BCUT2D eigenvalue weighted by Crippen LogP contribution is -2.11. The maximum absolute atomic E-state index is 11.8. The molecular formula is C14H18N2OS2. The molecule has 0 aromatic carbocycles. The fourth-order valence-corrected chi connectivity index (χ4v) is 3.54. The Morgan fingerprint density at radius 3 is 2.95 bits per heavy atom. The molecule has 2 aromatic heterocycles. The summed E-state index contributed by atoms with van der Waals surface area (Å²) in [4.78, 5) is 18.8. The zero-order chi connectivity index (χ0) is 13.7. The SMILES string of the molecule is CCc1nc(NC(=O)CCCc2cccs2)sc1C. The van der Waals surface area contributed by atoms with Crippen molar-refractivity contribution in [3.63, 3.8) is 0 Å². The second kappa shape index (κ2) is 6.82. The Bertz CT molecular complexity index is 532. The van der Waals surface area contributed by atoms with Crippen molar-refractivity contribution in [2.75, 3.05) is 5.32 Å². The van der Waals surface area contributed by atoms with Crippen molar-refractivity contribution in [1.82, 2.24) is 4.98 Å².